The van der Waals surface area contributed by atoms with Crippen LogP contribution in [0, 0.1) is 41.4 Å². The molecule has 0 spiro atoms. The minimum atomic E-state index is -2.80. The van der Waals surface area contributed by atoms with E-state index in [9.17, 15) is 0 Å². The zero-order valence-electron chi connectivity index (χ0n) is 32.9. The maximum Gasteiger partial charge on any atom is -1.00 e. The first-order valence-corrected chi connectivity index (χ1v) is 27.0. The number of hydrogen-bond donors (Lipinski definition) is 0. The Morgan fingerprint density at radius 2 is 1.29 bits per heavy atom. The van der Waals surface area contributed by atoms with Gasteiger partial charge < -0.3 is 24.8 Å². The predicted octanol–water partition coefficient (Wildman–Crippen LogP) is 5.51. The van der Waals surface area contributed by atoms with Crippen molar-refractivity contribution in [3.05, 3.63) is 148 Å². The van der Waals surface area contributed by atoms with Crippen molar-refractivity contribution in [1.29, 1.82) is 0 Å². The number of aryl methyl sites for hydroxylation is 2. The number of rotatable bonds is 4. The maximum atomic E-state index is 2.87. The first-order chi connectivity index (χ1) is 23.7. The molecule has 0 nitrogen and oxygen atoms in total. The van der Waals surface area contributed by atoms with Gasteiger partial charge in [0.15, 0.2) is 0 Å². The molecule has 3 aromatic carbocycles. The summed E-state index contributed by atoms with van der Waals surface area (Å²) < 4.78 is 0.624. The van der Waals surface area contributed by atoms with E-state index in [0.29, 0.717) is 9.54 Å². The van der Waals surface area contributed by atoms with E-state index in [1.54, 1.807) is 27.1 Å². The summed E-state index contributed by atoms with van der Waals surface area (Å²) in [5, 5.41) is 3.27. The summed E-state index contributed by atoms with van der Waals surface area (Å²) in [5.41, 5.74) is 11.8. The average molecular weight is 823 g/mol. The minimum absolute atomic E-state index is 0. The number of allylic oxidation sites excluding steroid dienone is 10. The van der Waals surface area contributed by atoms with E-state index in [2.05, 4.69) is 178 Å². The third-order valence-electron chi connectivity index (χ3n) is 15.7. The molecule has 3 aromatic rings. The number of benzene rings is 3. The normalized spacial score (nSPS) is 27.1. The Morgan fingerprint density at radius 1 is 0.692 bits per heavy atom. The molecule has 0 bridgehead atoms. The van der Waals surface area contributed by atoms with Crippen molar-refractivity contribution in [2.24, 2.45) is 27.6 Å². The van der Waals surface area contributed by atoms with Gasteiger partial charge in [-0.2, -0.15) is 0 Å². The smallest absolute Gasteiger partial charge is 1.00 e. The van der Waals surface area contributed by atoms with Crippen LogP contribution in [-0.4, -0.2) is 5.43 Å². The van der Waals surface area contributed by atoms with Crippen LogP contribution in [0.15, 0.2) is 126 Å². The molecule has 0 saturated heterocycles. The summed E-state index contributed by atoms with van der Waals surface area (Å²) in [6.07, 6.45) is 18.7. The van der Waals surface area contributed by atoms with Crippen molar-refractivity contribution in [2.45, 2.75) is 95.2 Å². The maximum absolute atomic E-state index is 2.87. The van der Waals surface area contributed by atoms with E-state index in [-0.39, 0.29) is 49.6 Å². The van der Waals surface area contributed by atoms with Crippen LogP contribution >= 0.6 is 0 Å². The summed E-state index contributed by atoms with van der Waals surface area (Å²) in [7, 11) is 0. The quantitative estimate of drug-likeness (QED) is 0.305. The van der Waals surface area contributed by atoms with Crippen molar-refractivity contribution in [3.63, 3.8) is 0 Å². The zero-order chi connectivity index (χ0) is 35.4. The Hall–Kier alpha value is -1.96. The topological polar surface area (TPSA) is 0 Å². The third-order valence-corrected chi connectivity index (χ3v) is 38.6. The van der Waals surface area contributed by atoms with Gasteiger partial charge in [0.1, 0.15) is 0 Å². The van der Waals surface area contributed by atoms with Gasteiger partial charge in [0.2, 0.25) is 0 Å². The Morgan fingerprint density at radius 3 is 1.88 bits per heavy atom. The second kappa shape index (κ2) is 13.7. The Labute approximate surface area is 335 Å². The molecule has 1 saturated carbocycles. The summed E-state index contributed by atoms with van der Waals surface area (Å²) in [4.78, 5) is 0. The van der Waals surface area contributed by atoms with Gasteiger partial charge in [-0.1, -0.05) is 0 Å². The van der Waals surface area contributed by atoms with E-state index in [1.807, 2.05) is 5.57 Å². The van der Waals surface area contributed by atoms with Gasteiger partial charge in [-0.15, -0.1) is 0 Å². The van der Waals surface area contributed by atoms with E-state index < -0.39 is 25.8 Å². The van der Waals surface area contributed by atoms with E-state index in [4.69, 9.17) is 0 Å². The van der Waals surface area contributed by atoms with Gasteiger partial charge >= 0.3 is 313 Å². The molecule has 270 valence electrons. The fourth-order valence-electron chi connectivity index (χ4n) is 11.9. The van der Waals surface area contributed by atoms with Gasteiger partial charge in [-0.3, -0.25) is 0 Å². The molecule has 1 fully saturated rings. The van der Waals surface area contributed by atoms with E-state index >= 15 is 0 Å². The van der Waals surface area contributed by atoms with Crippen LogP contribution in [0.2, 0.25) is 6.75 Å². The fourth-order valence-corrected chi connectivity index (χ4v) is 38.9. The summed E-state index contributed by atoms with van der Waals surface area (Å²) in [6.45, 7) is 26.5. The van der Waals surface area contributed by atoms with Crippen molar-refractivity contribution < 1.29 is 45.2 Å². The average Bonchev–Trinajstić information content (AvgIpc) is 3.75. The molecule has 5 aliphatic carbocycles. The molecule has 0 radical (unpaired) electrons. The van der Waals surface area contributed by atoms with Crippen LogP contribution in [-0.2, 0) is 26.8 Å². The zero-order valence-corrected chi connectivity index (χ0v) is 37.9. The number of hydrogen-bond acceptors (Lipinski definition) is 0. The molecule has 4 heteroatoms. The molecular weight excluding hydrogens is 767 g/mol. The Bertz CT molecular complexity index is 2080. The predicted molar refractivity (Wildman–Crippen MR) is 213 cm³/mol. The van der Waals surface area contributed by atoms with Gasteiger partial charge in [-0.25, -0.2) is 0 Å². The first-order valence-electron chi connectivity index (χ1n) is 19.1. The molecule has 0 amide bonds. The largest absolute Gasteiger partial charge is 1.00 e. The number of halogens is 2. The fraction of sp³-hybridized carbons (Fsp3) is 0.417. The van der Waals surface area contributed by atoms with Gasteiger partial charge in [0.25, 0.3) is 0 Å². The molecular formula is C48H56Cl2SiZr. The molecule has 3 atom stereocenters. The van der Waals surface area contributed by atoms with Gasteiger partial charge in [0.05, 0.1) is 0 Å². The molecule has 0 aliphatic heterocycles. The van der Waals surface area contributed by atoms with Gasteiger partial charge in [0, 0.05) is 0 Å². The van der Waals surface area contributed by atoms with Crippen LogP contribution in [0.3, 0.4) is 0 Å². The van der Waals surface area contributed by atoms with Crippen LogP contribution in [0.25, 0.3) is 5.57 Å². The van der Waals surface area contributed by atoms with Crippen LogP contribution in [0.4, 0.5) is 0 Å². The molecule has 0 N–H and O–H groups in total. The van der Waals surface area contributed by atoms with Crippen molar-refractivity contribution >= 4 is 21.4 Å². The molecule has 3 unspecified atom stereocenters. The Kier molecular flexibility index (Phi) is 10.4. The molecule has 8 rings (SSSR count). The summed E-state index contributed by atoms with van der Waals surface area (Å²) >= 11 is -2.80. The Balaban J connectivity index is 0.00000232. The number of fused-ring (bicyclic) bond motifs is 6. The van der Waals surface area contributed by atoms with Crippen molar-refractivity contribution in [3.8, 4) is 0 Å². The minimum Gasteiger partial charge on any atom is -1.00 e. The molecule has 52 heavy (non-hydrogen) atoms. The van der Waals surface area contributed by atoms with E-state index in [1.165, 1.54) is 35.1 Å². The third kappa shape index (κ3) is 5.20. The van der Waals surface area contributed by atoms with Crippen LogP contribution in [0.5, 0.6) is 0 Å². The van der Waals surface area contributed by atoms with Gasteiger partial charge in [-0.05, 0) is 0 Å². The molecule has 0 heterocycles. The van der Waals surface area contributed by atoms with Crippen LogP contribution < -0.4 is 35.2 Å². The summed E-state index contributed by atoms with van der Waals surface area (Å²) in [6, 6.07) is 29.0. The van der Waals surface area contributed by atoms with Crippen molar-refractivity contribution in [2.75, 3.05) is 0 Å². The molecule has 0 aromatic heterocycles. The van der Waals surface area contributed by atoms with Crippen molar-refractivity contribution in [1.82, 2.24) is 0 Å². The second-order valence-corrected chi connectivity index (χ2v) is 33.0. The first kappa shape index (κ1) is 39.7. The summed E-state index contributed by atoms with van der Waals surface area (Å²) in [5.74, 6) is 0.519. The molecule has 5 aliphatic rings. The second-order valence-electron chi connectivity index (χ2n) is 18.1. The standard InChI is InChI=1S/C29H37.C14H14Si.C5H5.2ClH.Zr/c1-18-25-22-17-19-13-9-10-14-20(19)24(22)21-15-11-12-16-23(21)29(25,8)28(6,7)27(4,5)26(18,2)3;1-11-5-3-7-13(9-11)15-14-8-4-6-12(2)10-14;1-2-4-5-3-1;;;/h9-11,13-15,23H,12,16-17H2,1-8H3;3-10H,1-2H3;1-5H;2*1H;/q;;;;;+2/p-2. The van der Waals surface area contributed by atoms with Crippen LogP contribution in [0.1, 0.15) is 90.5 Å². The monoisotopic (exact) mass is 820 g/mol. The SMILES string of the molecule is Cc1cccc([Si](c2cccc(C)c2)=[Zr+2]([CH]2C=CC=C2)[C]2(C)C3=C4Cc5ccccc5C4=C4C=CCCC4C3(C)C(C)(C)C(C)(C)C2(C)C)c1.[Cl-].[Cl-]. The van der Waals surface area contributed by atoms with E-state index in [0.717, 1.165) is 6.42 Å².